The molecule has 2 heterocycles. The van der Waals surface area contributed by atoms with Crippen LogP contribution >= 0.6 is 11.3 Å². The molecule has 1 atom stereocenters. The van der Waals surface area contributed by atoms with Crippen molar-refractivity contribution in [3.05, 3.63) is 40.6 Å². The number of fused-ring (bicyclic) bond motifs is 2. The quantitative estimate of drug-likeness (QED) is 0.728. The van der Waals surface area contributed by atoms with Gasteiger partial charge in [0.05, 0.1) is 11.3 Å². The molecule has 1 aliphatic carbocycles. The van der Waals surface area contributed by atoms with E-state index in [1.54, 1.807) is 11.3 Å². The number of hydrogen-bond acceptors (Lipinski definition) is 4. The first-order chi connectivity index (χ1) is 9.74. The molecule has 0 bridgehead atoms. The third kappa shape index (κ3) is 1.72. The number of rotatable bonds is 1. The molecule has 0 saturated heterocycles. The molecule has 1 unspecified atom stereocenters. The Hall–Kier alpha value is -1.65. The molecule has 20 heavy (non-hydrogen) atoms. The lowest BCUT2D eigenvalue weighted by atomic mass is 9.99. The van der Waals surface area contributed by atoms with Gasteiger partial charge in [0.15, 0.2) is 0 Å². The molecule has 0 saturated carbocycles. The zero-order chi connectivity index (χ0) is 13.7. The van der Waals surface area contributed by atoms with Crippen LogP contribution in [0.2, 0.25) is 0 Å². The van der Waals surface area contributed by atoms with E-state index in [2.05, 4.69) is 6.07 Å². The Kier molecular flexibility index (Phi) is 2.69. The summed E-state index contributed by atoms with van der Waals surface area (Å²) >= 11 is 1.77. The number of nitrogens with zero attached hydrogens (tertiary/aromatic N) is 1. The molecule has 102 valence electrons. The van der Waals surface area contributed by atoms with Crippen molar-refractivity contribution < 1.29 is 4.42 Å². The molecule has 0 radical (unpaired) electrons. The van der Waals surface area contributed by atoms with E-state index < -0.39 is 0 Å². The number of furan rings is 1. The summed E-state index contributed by atoms with van der Waals surface area (Å²) in [6, 6.07) is 8.24. The van der Waals surface area contributed by atoms with Gasteiger partial charge in [0, 0.05) is 16.3 Å². The molecule has 1 aromatic carbocycles. The van der Waals surface area contributed by atoms with E-state index in [1.807, 2.05) is 25.1 Å². The molecule has 0 fully saturated rings. The van der Waals surface area contributed by atoms with Crippen molar-refractivity contribution in [3.63, 3.8) is 0 Å². The summed E-state index contributed by atoms with van der Waals surface area (Å²) in [4.78, 5) is 6.17. The van der Waals surface area contributed by atoms with Gasteiger partial charge in [0.25, 0.3) is 0 Å². The van der Waals surface area contributed by atoms with Gasteiger partial charge >= 0.3 is 0 Å². The zero-order valence-electron chi connectivity index (χ0n) is 11.3. The van der Waals surface area contributed by atoms with Crippen LogP contribution in [0.5, 0.6) is 0 Å². The van der Waals surface area contributed by atoms with Crippen molar-refractivity contribution in [3.8, 4) is 10.6 Å². The first-order valence-corrected chi connectivity index (χ1v) is 7.79. The first kappa shape index (κ1) is 12.1. The summed E-state index contributed by atoms with van der Waals surface area (Å²) in [6.45, 7) is 2.01. The summed E-state index contributed by atoms with van der Waals surface area (Å²) < 4.78 is 5.85. The molecule has 1 aliphatic rings. The summed E-state index contributed by atoms with van der Waals surface area (Å²) in [5.41, 5.74) is 9.34. The predicted molar refractivity (Wildman–Crippen MR) is 81.9 cm³/mol. The van der Waals surface area contributed by atoms with Gasteiger partial charge in [-0.15, -0.1) is 11.3 Å². The lowest BCUT2D eigenvalue weighted by molar-refractivity contribution is 0.563. The Balaban J connectivity index is 1.93. The second kappa shape index (κ2) is 4.43. The van der Waals surface area contributed by atoms with Gasteiger partial charge < -0.3 is 10.2 Å². The van der Waals surface area contributed by atoms with E-state index >= 15 is 0 Å². The summed E-state index contributed by atoms with van der Waals surface area (Å²) in [5, 5.41) is 2.19. The summed E-state index contributed by atoms with van der Waals surface area (Å²) in [7, 11) is 0. The fourth-order valence-electron chi connectivity index (χ4n) is 2.99. The Labute approximate surface area is 121 Å². The molecule has 3 nitrogen and oxygen atoms in total. The summed E-state index contributed by atoms with van der Waals surface area (Å²) in [5.74, 6) is 0.936. The molecular formula is C16H16N2OS. The van der Waals surface area contributed by atoms with Gasteiger partial charge in [0.1, 0.15) is 16.4 Å². The molecule has 0 amide bonds. The molecule has 0 aliphatic heterocycles. The Bertz CT molecular complexity index is 787. The van der Waals surface area contributed by atoms with Crippen LogP contribution in [0.15, 0.2) is 28.7 Å². The van der Waals surface area contributed by atoms with Crippen LogP contribution in [0.4, 0.5) is 0 Å². The number of nitrogens with two attached hydrogens (primary N) is 1. The van der Waals surface area contributed by atoms with Crippen molar-refractivity contribution in [2.24, 2.45) is 5.73 Å². The molecular weight excluding hydrogens is 268 g/mol. The first-order valence-electron chi connectivity index (χ1n) is 6.97. The third-order valence-corrected chi connectivity index (χ3v) is 5.13. The highest BCUT2D eigenvalue weighted by Crippen LogP contribution is 2.40. The molecule has 4 heteroatoms. The molecule has 0 spiro atoms. The fourth-order valence-corrected chi connectivity index (χ4v) is 4.27. The number of thiazole rings is 1. The minimum atomic E-state index is 0.0993. The maximum atomic E-state index is 6.18. The average Bonchev–Trinajstić information content (AvgIpc) is 2.99. The van der Waals surface area contributed by atoms with Gasteiger partial charge in [-0.25, -0.2) is 4.98 Å². The van der Waals surface area contributed by atoms with Crippen molar-refractivity contribution >= 4 is 22.3 Å². The van der Waals surface area contributed by atoms with Crippen LogP contribution in [-0.2, 0) is 6.42 Å². The monoisotopic (exact) mass is 284 g/mol. The topological polar surface area (TPSA) is 52.0 Å². The van der Waals surface area contributed by atoms with Gasteiger partial charge in [-0.1, -0.05) is 18.2 Å². The smallest absolute Gasteiger partial charge is 0.135 e. The SMILES string of the molecule is Cc1oc2ccccc2c1-c1nc2c(s1)CCCC2N. The number of benzene rings is 1. The maximum absolute atomic E-state index is 6.18. The Morgan fingerprint density at radius 3 is 3.05 bits per heavy atom. The molecule has 2 N–H and O–H groups in total. The standard InChI is InChI=1S/C16H16N2OS/c1-9-14(10-5-2-3-7-12(10)19-9)16-18-15-11(17)6-4-8-13(15)20-16/h2-3,5,7,11H,4,6,8,17H2,1H3. The van der Waals surface area contributed by atoms with Crippen LogP contribution in [0.3, 0.4) is 0 Å². The van der Waals surface area contributed by atoms with Crippen molar-refractivity contribution in [2.45, 2.75) is 32.2 Å². The highest BCUT2D eigenvalue weighted by Gasteiger charge is 2.24. The number of aryl methyl sites for hydroxylation is 2. The van der Waals surface area contributed by atoms with E-state index in [9.17, 15) is 0 Å². The largest absolute Gasteiger partial charge is 0.461 e. The van der Waals surface area contributed by atoms with Crippen molar-refractivity contribution in [2.75, 3.05) is 0 Å². The third-order valence-electron chi connectivity index (χ3n) is 3.98. The van der Waals surface area contributed by atoms with Gasteiger partial charge in [0.2, 0.25) is 0 Å². The highest BCUT2D eigenvalue weighted by atomic mass is 32.1. The average molecular weight is 284 g/mol. The molecule has 4 rings (SSSR count). The van der Waals surface area contributed by atoms with E-state index in [1.165, 1.54) is 11.3 Å². The van der Waals surface area contributed by atoms with Crippen LogP contribution in [0.1, 0.15) is 35.2 Å². The van der Waals surface area contributed by atoms with Crippen LogP contribution in [0.25, 0.3) is 21.5 Å². The van der Waals surface area contributed by atoms with Gasteiger partial charge in [-0.3, -0.25) is 0 Å². The van der Waals surface area contributed by atoms with Crippen molar-refractivity contribution in [1.82, 2.24) is 4.98 Å². The molecule has 3 aromatic rings. The lowest BCUT2D eigenvalue weighted by Gasteiger charge is -2.15. The second-order valence-electron chi connectivity index (χ2n) is 5.36. The Morgan fingerprint density at radius 1 is 1.35 bits per heavy atom. The lowest BCUT2D eigenvalue weighted by Crippen LogP contribution is -2.16. The zero-order valence-corrected chi connectivity index (χ0v) is 12.2. The fraction of sp³-hybridized carbons (Fsp3) is 0.312. The van der Waals surface area contributed by atoms with E-state index in [-0.39, 0.29) is 6.04 Å². The normalized spacial score (nSPS) is 18.4. The highest BCUT2D eigenvalue weighted by molar-refractivity contribution is 7.15. The maximum Gasteiger partial charge on any atom is 0.135 e. The van der Waals surface area contributed by atoms with Gasteiger partial charge in [-0.2, -0.15) is 0 Å². The van der Waals surface area contributed by atoms with E-state index in [4.69, 9.17) is 15.1 Å². The summed E-state index contributed by atoms with van der Waals surface area (Å²) in [6.07, 6.45) is 3.32. The predicted octanol–water partition coefficient (Wildman–Crippen LogP) is 4.20. The Morgan fingerprint density at radius 2 is 2.20 bits per heavy atom. The molecule has 2 aromatic heterocycles. The number of aromatic nitrogens is 1. The number of para-hydroxylation sites is 1. The van der Waals surface area contributed by atoms with E-state index in [0.29, 0.717) is 0 Å². The van der Waals surface area contributed by atoms with E-state index in [0.717, 1.165) is 45.8 Å². The van der Waals surface area contributed by atoms with Gasteiger partial charge in [-0.05, 0) is 32.3 Å². The van der Waals surface area contributed by atoms with Crippen LogP contribution in [0, 0.1) is 6.92 Å². The van der Waals surface area contributed by atoms with Crippen molar-refractivity contribution in [1.29, 1.82) is 0 Å². The minimum absolute atomic E-state index is 0.0993. The minimum Gasteiger partial charge on any atom is -0.461 e. The van der Waals surface area contributed by atoms with Crippen LogP contribution in [-0.4, -0.2) is 4.98 Å². The second-order valence-corrected chi connectivity index (χ2v) is 6.44. The van der Waals surface area contributed by atoms with Crippen LogP contribution < -0.4 is 5.73 Å². The number of hydrogen-bond donors (Lipinski definition) is 1.